The highest BCUT2D eigenvalue weighted by molar-refractivity contribution is 4.66. The molecule has 0 radical (unpaired) electrons. The van der Waals surface area contributed by atoms with Gasteiger partial charge < -0.3 is 14.8 Å². The Hall–Kier alpha value is -0.120. The predicted molar refractivity (Wildman–Crippen MR) is 55.0 cm³/mol. The van der Waals surface area contributed by atoms with Crippen LogP contribution in [0, 0.1) is 5.92 Å². The second-order valence-electron chi connectivity index (χ2n) is 3.74. The average Bonchev–Trinajstić information content (AvgIpc) is 2.04. The third-order valence-electron chi connectivity index (χ3n) is 1.96. The predicted octanol–water partition coefficient (Wildman–Crippen LogP) is 1.28. The first-order valence-corrected chi connectivity index (χ1v) is 4.90. The number of likely N-dealkylation sites (N-methyl/N-ethyl adjacent to an activating group) is 1. The molecule has 0 rings (SSSR count). The molecule has 80 valence electrons. The molecular weight excluding hydrogens is 166 g/mol. The second-order valence-corrected chi connectivity index (χ2v) is 3.74. The van der Waals surface area contributed by atoms with Gasteiger partial charge >= 0.3 is 0 Å². The zero-order chi connectivity index (χ0) is 10.3. The molecule has 0 heterocycles. The minimum absolute atomic E-state index is 0.172. The van der Waals surface area contributed by atoms with Crippen LogP contribution in [0.4, 0.5) is 0 Å². The maximum atomic E-state index is 5.81. The standard InChI is InChI=1S/C10H23NO2/c1-8(2)10(6-11-4)13-9(3)7-12-5/h8-11H,6-7H2,1-5H3. The van der Waals surface area contributed by atoms with Gasteiger partial charge in [-0.3, -0.25) is 0 Å². The van der Waals surface area contributed by atoms with E-state index in [2.05, 4.69) is 19.2 Å². The Morgan fingerprint density at radius 2 is 1.85 bits per heavy atom. The fourth-order valence-corrected chi connectivity index (χ4v) is 1.21. The molecule has 0 fully saturated rings. The van der Waals surface area contributed by atoms with Crippen molar-refractivity contribution in [3.8, 4) is 0 Å². The molecule has 0 bridgehead atoms. The van der Waals surface area contributed by atoms with Crippen LogP contribution in [0.2, 0.25) is 0 Å². The Bertz CT molecular complexity index is 117. The number of hydrogen-bond donors (Lipinski definition) is 1. The van der Waals surface area contributed by atoms with Crippen LogP contribution in [0.3, 0.4) is 0 Å². The first-order chi connectivity index (χ1) is 6.11. The van der Waals surface area contributed by atoms with E-state index in [1.165, 1.54) is 0 Å². The van der Waals surface area contributed by atoms with E-state index in [-0.39, 0.29) is 12.2 Å². The molecular formula is C10H23NO2. The molecule has 2 atom stereocenters. The first kappa shape index (κ1) is 12.9. The normalized spacial score (nSPS) is 16.2. The molecule has 0 aliphatic carbocycles. The van der Waals surface area contributed by atoms with E-state index < -0.39 is 0 Å². The van der Waals surface area contributed by atoms with E-state index in [1.807, 2.05) is 14.0 Å². The number of ether oxygens (including phenoxy) is 2. The zero-order valence-electron chi connectivity index (χ0n) is 9.46. The molecule has 0 spiro atoms. The van der Waals surface area contributed by atoms with E-state index in [0.29, 0.717) is 12.5 Å². The molecule has 0 aromatic carbocycles. The maximum absolute atomic E-state index is 5.81. The summed E-state index contributed by atoms with van der Waals surface area (Å²) in [4.78, 5) is 0. The van der Waals surface area contributed by atoms with Crippen molar-refractivity contribution in [3.05, 3.63) is 0 Å². The Balaban J connectivity index is 3.79. The lowest BCUT2D eigenvalue weighted by Gasteiger charge is -2.24. The number of hydrogen-bond acceptors (Lipinski definition) is 3. The molecule has 3 nitrogen and oxygen atoms in total. The van der Waals surface area contributed by atoms with Gasteiger partial charge in [0.1, 0.15) is 0 Å². The Morgan fingerprint density at radius 1 is 1.23 bits per heavy atom. The van der Waals surface area contributed by atoms with E-state index in [0.717, 1.165) is 6.54 Å². The summed E-state index contributed by atoms with van der Waals surface area (Å²) in [6.45, 7) is 7.93. The third-order valence-corrected chi connectivity index (χ3v) is 1.96. The molecule has 1 N–H and O–H groups in total. The average molecular weight is 189 g/mol. The van der Waals surface area contributed by atoms with Crippen LogP contribution in [-0.2, 0) is 9.47 Å². The smallest absolute Gasteiger partial charge is 0.0784 e. The van der Waals surface area contributed by atoms with Crippen molar-refractivity contribution in [2.24, 2.45) is 5.92 Å². The van der Waals surface area contributed by atoms with Crippen molar-refractivity contribution in [1.82, 2.24) is 5.32 Å². The van der Waals surface area contributed by atoms with Crippen molar-refractivity contribution in [1.29, 1.82) is 0 Å². The number of rotatable bonds is 7. The fourth-order valence-electron chi connectivity index (χ4n) is 1.21. The number of nitrogens with one attached hydrogen (secondary N) is 1. The Labute approximate surface area is 81.8 Å². The van der Waals surface area contributed by atoms with E-state index >= 15 is 0 Å². The summed E-state index contributed by atoms with van der Waals surface area (Å²) in [5, 5.41) is 3.13. The SMILES string of the molecule is CNCC(OC(C)COC)C(C)C. The minimum atomic E-state index is 0.172. The van der Waals surface area contributed by atoms with Gasteiger partial charge in [0.25, 0.3) is 0 Å². The molecule has 13 heavy (non-hydrogen) atoms. The molecule has 3 heteroatoms. The van der Waals surface area contributed by atoms with Crippen LogP contribution < -0.4 is 5.32 Å². The van der Waals surface area contributed by atoms with Gasteiger partial charge in [0, 0.05) is 13.7 Å². The van der Waals surface area contributed by atoms with Crippen LogP contribution in [0.5, 0.6) is 0 Å². The lowest BCUT2D eigenvalue weighted by molar-refractivity contribution is -0.0549. The Kier molecular flexibility index (Phi) is 7.23. The van der Waals surface area contributed by atoms with Gasteiger partial charge in [-0.25, -0.2) is 0 Å². The van der Waals surface area contributed by atoms with Gasteiger partial charge in [-0.15, -0.1) is 0 Å². The van der Waals surface area contributed by atoms with Gasteiger partial charge in [0.15, 0.2) is 0 Å². The molecule has 2 unspecified atom stereocenters. The van der Waals surface area contributed by atoms with Crippen LogP contribution >= 0.6 is 0 Å². The van der Waals surface area contributed by atoms with Gasteiger partial charge in [-0.05, 0) is 19.9 Å². The fraction of sp³-hybridized carbons (Fsp3) is 1.00. The lowest BCUT2D eigenvalue weighted by Crippen LogP contribution is -2.35. The summed E-state index contributed by atoms with van der Waals surface area (Å²) >= 11 is 0. The van der Waals surface area contributed by atoms with Crippen molar-refractivity contribution < 1.29 is 9.47 Å². The molecule has 0 saturated heterocycles. The van der Waals surface area contributed by atoms with Crippen molar-refractivity contribution in [2.75, 3.05) is 27.3 Å². The highest BCUT2D eigenvalue weighted by Gasteiger charge is 2.15. The van der Waals surface area contributed by atoms with Crippen molar-refractivity contribution in [2.45, 2.75) is 33.0 Å². The highest BCUT2D eigenvalue weighted by Crippen LogP contribution is 2.08. The molecule has 0 amide bonds. The quantitative estimate of drug-likeness (QED) is 0.654. The van der Waals surface area contributed by atoms with E-state index in [4.69, 9.17) is 9.47 Å². The Morgan fingerprint density at radius 3 is 2.23 bits per heavy atom. The largest absolute Gasteiger partial charge is 0.382 e. The summed E-state index contributed by atoms with van der Waals surface area (Å²) < 4.78 is 10.8. The highest BCUT2D eigenvalue weighted by atomic mass is 16.5. The zero-order valence-corrected chi connectivity index (χ0v) is 9.46. The monoisotopic (exact) mass is 189 g/mol. The van der Waals surface area contributed by atoms with Crippen LogP contribution in [0.25, 0.3) is 0 Å². The molecule has 0 aromatic heterocycles. The van der Waals surface area contributed by atoms with Crippen LogP contribution in [0.15, 0.2) is 0 Å². The maximum Gasteiger partial charge on any atom is 0.0784 e. The first-order valence-electron chi connectivity index (χ1n) is 4.90. The number of methoxy groups -OCH3 is 1. The molecule has 0 aromatic rings. The van der Waals surface area contributed by atoms with Crippen molar-refractivity contribution in [3.63, 3.8) is 0 Å². The minimum Gasteiger partial charge on any atom is -0.382 e. The molecule has 0 aliphatic heterocycles. The van der Waals surface area contributed by atoms with Gasteiger partial charge in [-0.1, -0.05) is 13.8 Å². The van der Waals surface area contributed by atoms with Gasteiger partial charge in [0.05, 0.1) is 18.8 Å². The van der Waals surface area contributed by atoms with Gasteiger partial charge in [-0.2, -0.15) is 0 Å². The second kappa shape index (κ2) is 7.30. The summed E-state index contributed by atoms with van der Waals surface area (Å²) in [6.07, 6.45) is 0.445. The summed E-state index contributed by atoms with van der Waals surface area (Å²) in [7, 11) is 3.64. The summed E-state index contributed by atoms with van der Waals surface area (Å²) in [5.74, 6) is 0.534. The van der Waals surface area contributed by atoms with Crippen LogP contribution in [-0.4, -0.2) is 39.5 Å². The van der Waals surface area contributed by atoms with E-state index in [1.54, 1.807) is 7.11 Å². The van der Waals surface area contributed by atoms with Crippen molar-refractivity contribution >= 4 is 0 Å². The third kappa shape index (κ3) is 6.02. The van der Waals surface area contributed by atoms with Gasteiger partial charge in [0.2, 0.25) is 0 Å². The topological polar surface area (TPSA) is 30.5 Å². The lowest BCUT2D eigenvalue weighted by atomic mass is 10.1. The summed E-state index contributed by atoms with van der Waals surface area (Å²) in [5.41, 5.74) is 0. The van der Waals surface area contributed by atoms with E-state index in [9.17, 15) is 0 Å². The molecule has 0 aliphatic rings. The summed E-state index contributed by atoms with van der Waals surface area (Å²) in [6, 6.07) is 0. The van der Waals surface area contributed by atoms with Crippen LogP contribution in [0.1, 0.15) is 20.8 Å². The molecule has 0 saturated carbocycles.